The van der Waals surface area contributed by atoms with Gasteiger partial charge in [-0.25, -0.2) is 14.8 Å². The van der Waals surface area contributed by atoms with Crippen LogP contribution in [-0.2, 0) is 24.4 Å². The molecule has 258 valence electrons. The molecule has 1 amide bonds. The van der Waals surface area contributed by atoms with Crippen LogP contribution < -0.4 is 24.7 Å². The number of nitrogens with zero attached hydrogens (tertiary/aromatic N) is 3. The second kappa shape index (κ2) is 20.2. The Labute approximate surface area is 299 Å². The van der Waals surface area contributed by atoms with Crippen molar-refractivity contribution in [3.63, 3.8) is 0 Å². The highest BCUT2D eigenvalue weighted by Crippen LogP contribution is 2.27. The number of benzene rings is 2. The first-order valence-electron chi connectivity index (χ1n) is 14.6. The highest BCUT2D eigenvalue weighted by atomic mass is 79.9. The van der Waals surface area contributed by atoms with Crippen LogP contribution in [0.3, 0.4) is 0 Å². The first-order valence-corrected chi connectivity index (χ1v) is 16.2. The number of rotatable bonds is 10. The zero-order chi connectivity index (χ0) is 35.7. The Morgan fingerprint density at radius 1 is 0.771 bits per heavy atom. The van der Waals surface area contributed by atoms with Crippen LogP contribution >= 0.6 is 31.9 Å². The van der Waals surface area contributed by atoms with Gasteiger partial charge in [0.05, 0.1) is 47.2 Å². The number of carbonyl (C=O) groups is 2. The molecular weight excluding hydrogens is 748 g/mol. The molecule has 0 saturated heterocycles. The van der Waals surface area contributed by atoms with Crippen molar-refractivity contribution in [1.29, 1.82) is 0 Å². The van der Waals surface area contributed by atoms with Crippen molar-refractivity contribution in [2.45, 2.75) is 46.0 Å². The third-order valence-corrected chi connectivity index (χ3v) is 7.09. The van der Waals surface area contributed by atoms with Gasteiger partial charge in [-0.1, -0.05) is 18.2 Å². The molecule has 2 aromatic heterocycles. The van der Waals surface area contributed by atoms with E-state index in [9.17, 15) is 9.59 Å². The van der Waals surface area contributed by atoms with Gasteiger partial charge < -0.3 is 29.4 Å². The fourth-order valence-electron chi connectivity index (χ4n) is 3.94. The van der Waals surface area contributed by atoms with Crippen LogP contribution in [0.4, 0.5) is 4.79 Å². The van der Waals surface area contributed by atoms with Gasteiger partial charge in [0.2, 0.25) is 0 Å². The summed E-state index contributed by atoms with van der Waals surface area (Å²) in [5.41, 5.74) is 7.94. The van der Waals surface area contributed by atoms with Gasteiger partial charge in [0, 0.05) is 29.8 Å². The first-order chi connectivity index (χ1) is 22.9. The number of methoxy groups -OCH3 is 4. The van der Waals surface area contributed by atoms with Gasteiger partial charge in [-0.15, -0.1) is 0 Å². The zero-order valence-corrected chi connectivity index (χ0v) is 31.3. The van der Waals surface area contributed by atoms with Crippen LogP contribution in [0.25, 0.3) is 0 Å². The zero-order valence-electron chi connectivity index (χ0n) is 28.2. The predicted molar refractivity (Wildman–Crippen MR) is 192 cm³/mol. The number of carbonyl (C=O) groups excluding carboxylic acids is 2. The molecular formula is C35H42Br2N4O7. The number of hydrogen-bond donors (Lipinski definition) is 1. The van der Waals surface area contributed by atoms with Crippen molar-refractivity contribution in [3.8, 4) is 23.0 Å². The first kappa shape index (κ1) is 40.0. The molecule has 48 heavy (non-hydrogen) atoms. The van der Waals surface area contributed by atoms with Gasteiger partial charge in [-0.2, -0.15) is 0 Å². The summed E-state index contributed by atoms with van der Waals surface area (Å²) in [5, 5.41) is 0. The van der Waals surface area contributed by atoms with Gasteiger partial charge in [-0.05, 0) is 95.1 Å². The summed E-state index contributed by atoms with van der Waals surface area (Å²) >= 11 is 6.50. The lowest BCUT2D eigenvalue weighted by Gasteiger charge is -2.28. The molecule has 0 unspecified atom stereocenters. The molecule has 0 aliphatic carbocycles. The molecule has 4 aromatic rings. The number of aromatic nitrogens is 2. The van der Waals surface area contributed by atoms with Crippen molar-refractivity contribution in [2.24, 2.45) is 5.73 Å². The van der Waals surface area contributed by atoms with Crippen LogP contribution in [0, 0.1) is 0 Å². The number of hydrogen-bond acceptors (Lipinski definition) is 10. The van der Waals surface area contributed by atoms with E-state index in [1.54, 1.807) is 57.6 Å². The normalized spacial score (nSPS) is 10.3. The average molecular weight is 791 g/mol. The highest BCUT2D eigenvalue weighted by Gasteiger charge is 2.24. The van der Waals surface area contributed by atoms with Crippen LogP contribution in [0.5, 0.6) is 23.0 Å². The van der Waals surface area contributed by atoms with Gasteiger partial charge >= 0.3 is 6.09 Å². The fourth-order valence-corrected chi connectivity index (χ4v) is 4.68. The minimum Gasteiger partial charge on any atom is -0.497 e. The Hall–Kier alpha value is -4.20. The van der Waals surface area contributed by atoms with Gasteiger partial charge in [-0.3, -0.25) is 9.69 Å². The molecule has 2 heterocycles. The molecule has 2 aromatic carbocycles. The number of amides is 1. The third-order valence-electron chi connectivity index (χ3n) is 6.20. The van der Waals surface area contributed by atoms with Crippen LogP contribution in [0.15, 0.2) is 82.0 Å². The maximum absolute atomic E-state index is 12.8. The van der Waals surface area contributed by atoms with E-state index < -0.39 is 11.7 Å². The molecule has 2 N–H and O–H groups in total. The van der Waals surface area contributed by atoms with Crippen molar-refractivity contribution >= 4 is 44.2 Å². The predicted octanol–water partition coefficient (Wildman–Crippen LogP) is 7.62. The van der Waals surface area contributed by atoms with E-state index >= 15 is 0 Å². The number of aldehydes is 1. The lowest BCUT2D eigenvalue weighted by atomic mass is 10.1. The molecule has 4 rings (SSSR count). The largest absolute Gasteiger partial charge is 0.497 e. The lowest BCUT2D eigenvalue weighted by Crippen LogP contribution is -2.36. The Morgan fingerprint density at radius 2 is 1.31 bits per heavy atom. The average Bonchev–Trinajstić information content (AvgIpc) is 3.07. The standard InChI is InChI=1S/C20H25BrN2O4.C9H13NO2.C6H4BrNO/c1-20(2,3)27-19(24)23(13-15-7-6-8-18(21)22-15)12-14-9-10-16(25-4)11-17(14)26-5;1-11-8-4-3-7(6-10)9(5-8)12-2;7-6-3-1-2-5(4-9)8-6/h6-11H,12-13H2,1-5H3;3-5H,6,10H2,1-2H3;1-4H. The second-order valence-corrected chi connectivity index (χ2v) is 12.5. The number of ether oxygens (including phenoxy) is 5. The smallest absolute Gasteiger partial charge is 0.410 e. The van der Waals surface area contributed by atoms with E-state index in [1.807, 2.05) is 69.3 Å². The Balaban J connectivity index is 0.000000310. The Bertz CT molecular complexity index is 1620. The number of nitrogens with two attached hydrogens (primary N) is 1. The molecule has 0 saturated carbocycles. The summed E-state index contributed by atoms with van der Waals surface area (Å²) in [7, 11) is 6.43. The molecule has 0 aliphatic heterocycles. The van der Waals surface area contributed by atoms with Crippen molar-refractivity contribution in [1.82, 2.24) is 14.9 Å². The van der Waals surface area contributed by atoms with Gasteiger partial charge in [0.1, 0.15) is 43.5 Å². The topological polar surface area (TPSA) is 135 Å². The van der Waals surface area contributed by atoms with E-state index in [1.165, 1.54) is 0 Å². The lowest BCUT2D eigenvalue weighted by molar-refractivity contribution is 0.0212. The van der Waals surface area contributed by atoms with E-state index in [2.05, 4.69) is 41.8 Å². The van der Waals surface area contributed by atoms with Crippen molar-refractivity contribution in [3.05, 3.63) is 105 Å². The molecule has 0 spiro atoms. The maximum atomic E-state index is 12.8. The Morgan fingerprint density at radius 3 is 1.77 bits per heavy atom. The molecule has 0 atom stereocenters. The van der Waals surface area contributed by atoms with Crippen molar-refractivity contribution < 1.29 is 33.3 Å². The summed E-state index contributed by atoms with van der Waals surface area (Å²) in [6, 6.07) is 21.9. The Kier molecular flexibility index (Phi) is 16.8. The third kappa shape index (κ3) is 13.9. The molecule has 0 aliphatic rings. The second-order valence-electron chi connectivity index (χ2n) is 10.9. The summed E-state index contributed by atoms with van der Waals surface area (Å²) in [6.07, 6.45) is 0.298. The number of pyridine rings is 2. The van der Waals surface area contributed by atoms with E-state index in [4.69, 9.17) is 29.4 Å². The van der Waals surface area contributed by atoms with Gasteiger partial charge in [0.15, 0.2) is 6.29 Å². The fraction of sp³-hybridized carbons (Fsp3) is 0.314. The summed E-state index contributed by atoms with van der Waals surface area (Å²) in [4.78, 5) is 32.7. The van der Waals surface area contributed by atoms with Gasteiger partial charge in [0.25, 0.3) is 0 Å². The molecule has 13 heteroatoms. The van der Waals surface area contributed by atoms with Crippen LogP contribution in [0.1, 0.15) is 48.1 Å². The van der Waals surface area contributed by atoms with Crippen LogP contribution in [0.2, 0.25) is 0 Å². The minimum absolute atomic E-state index is 0.309. The minimum atomic E-state index is -0.593. The quantitative estimate of drug-likeness (QED) is 0.126. The van der Waals surface area contributed by atoms with E-state index in [0.29, 0.717) is 52.3 Å². The monoisotopic (exact) mass is 788 g/mol. The maximum Gasteiger partial charge on any atom is 0.410 e. The summed E-state index contributed by atoms with van der Waals surface area (Å²) in [5.74, 6) is 2.89. The van der Waals surface area contributed by atoms with E-state index in [0.717, 1.165) is 28.3 Å². The van der Waals surface area contributed by atoms with Crippen LogP contribution in [-0.4, -0.2) is 61.3 Å². The molecule has 0 fully saturated rings. The van der Waals surface area contributed by atoms with Crippen molar-refractivity contribution in [2.75, 3.05) is 28.4 Å². The summed E-state index contributed by atoms with van der Waals surface area (Å²) in [6.45, 7) is 6.63. The number of halogens is 2. The molecule has 0 radical (unpaired) electrons. The highest BCUT2D eigenvalue weighted by molar-refractivity contribution is 9.10. The molecule has 0 bridgehead atoms. The SMILES string of the molecule is COc1ccc(CN(Cc2cccc(Br)n2)C(=O)OC(C)(C)C)c(OC)c1.COc1ccc(CN)c(OC)c1.O=Cc1cccc(Br)n1. The summed E-state index contributed by atoms with van der Waals surface area (Å²) < 4.78 is 27.8. The molecule has 11 nitrogen and oxygen atoms in total. The van der Waals surface area contributed by atoms with E-state index in [-0.39, 0.29) is 0 Å².